The lowest BCUT2D eigenvalue weighted by atomic mass is 10.2. The van der Waals surface area contributed by atoms with Gasteiger partial charge in [-0.3, -0.25) is 4.79 Å². The standard InChI is InChI=1S/C16H17N5O2/c1-4-13-10(2)14(17-15(22)16-19-18-11(3)23-16)21(20-13)12-8-6-5-7-9-12/h5-9H,4H2,1-3H3,(H,17,22). The van der Waals surface area contributed by atoms with Crippen LogP contribution in [0.5, 0.6) is 0 Å². The van der Waals surface area contributed by atoms with Crippen LogP contribution in [0.3, 0.4) is 0 Å². The SMILES string of the molecule is CCc1nn(-c2ccccc2)c(NC(=O)c2nnc(C)o2)c1C. The molecule has 0 aliphatic heterocycles. The maximum atomic E-state index is 12.3. The number of para-hydroxylation sites is 1. The summed E-state index contributed by atoms with van der Waals surface area (Å²) in [5.41, 5.74) is 2.71. The first kappa shape index (κ1) is 15.0. The Bertz CT molecular complexity index is 836. The Morgan fingerprint density at radius 1 is 1.22 bits per heavy atom. The number of rotatable bonds is 4. The molecule has 0 aliphatic carbocycles. The van der Waals surface area contributed by atoms with E-state index in [1.54, 1.807) is 11.6 Å². The van der Waals surface area contributed by atoms with Crippen molar-refractivity contribution in [3.8, 4) is 5.69 Å². The Morgan fingerprint density at radius 2 is 1.96 bits per heavy atom. The highest BCUT2D eigenvalue weighted by molar-refractivity contribution is 6.00. The molecule has 0 aliphatic rings. The third-order valence-corrected chi connectivity index (χ3v) is 3.51. The number of aromatic nitrogens is 4. The summed E-state index contributed by atoms with van der Waals surface area (Å²) in [6, 6.07) is 9.63. The summed E-state index contributed by atoms with van der Waals surface area (Å²) in [6.45, 7) is 5.59. The van der Waals surface area contributed by atoms with E-state index in [1.165, 1.54) is 0 Å². The second-order valence-corrected chi connectivity index (χ2v) is 5.10. The molecule has 23 heavy (non-hydrogen) atoms. The molecule has 2 heterocycles. The first-order chi connectivity index (χ1) is 11.1. The van der Waals surface area contributed by atoms with Crippen molar-refractivity contribution in [1.29, 1.82) is 0 Å². The summed E-state index contributed by atoms with van der Waals surface area (Å²) >= 11 is 0. The van der Waals surface area contributed by atoms with E-state index < -0.39 is 5.91 Å². The fourth-order valence-electron chi connectivity index (χ4n) is 2.33. The van der Waals surface area contributed by atoms with Crippen molar-refractivity contribution in [3.63, 3.8) is 0 Å². The number of anilines is 1. The molecular formula is C16H17N5O2. The van der Waals surface area contributed by atoms with Crippen molar-refractivity contribution >= 4 is 11.7 Å². The smallest absolute Gasteiger partial charge is 0.314 e. The third kappa shape index (κ3) is 2.85. The molecule has 2 aromatic heterocycles. The van der Waals surface area contributed by atoms with Gasteiger partial charge in [0.1, 0.15) is 5.82 Å². The van der Waals surface area contributed by atoms with Crippen LogP contribution in [0.1, 0.15) is 34.8 Å². The topological polar surface area (TPSA) is 85.8 Å². The quantitative estimate of drug-likeness (QED) is 0.800. The Balaban J connectivity index is 2.00. The van der Waals surface area contributed by atoms with Crippen molar-refractivity contribution in [2.75, 3.05) is 5.32 Å². The zero-order valence-corrected chi connectivity index (χ0v) is 13.2. The minimum atomic E-state index is -0.451. The summed E-state index contributed by atoms with van der Waals surface area (Å²) in [6.07, 6.45) is 0.772. The second-order valence-electron chi connectivity index (χ2n) is 5.10. The monoisotopic (exact) mass is 311 g/mol. The van der Waals surface area contributed by atoms with Gasteiger partial charge in [0.25, 0.3) is 0 Å². The summed E-state index contributed by atoms with van der Waals surface area (Å²) in [4.78, 5) is 12.3. The van der Waals surface area contributed by atoms with Gasteiger partial charge in [0.05, 0.1) is 11.4 Å². The van der Waals surface area contributed by atoms with Crippen molar-refractivity contribution in [1.82, 2.24) is 20.0 Å². The van der Waals surface area contributed by atoms with Gasteiger partial charge in [0.15, 0.2) is 0 Å². The first-order valence-corrected chi connectivity index (χ1v) is 7.35. The van der Waals surface area contributed by atoms with Crippen LogP contribution in [0.25, 0.3) is 5.69 Å². The van der Waals surface area contributed by atoms with Crippen LogP contribution in [0.15, 0.2) is 34.7 Å². The van der Waals surface area contributed by atoms with E-state index in [9.17, 15) is 4.79 Å². The first-order valence-electron chi connectivity index (χ1n) is 7.35. The van der Waals surface area contributed by atoms with Gasteiger partial charge < -0.3 is 9.73 Å². The van der Waals surface area contributed by atoms with Crippen LogP contribution in [0.2, 0.25) is 0 Å². The van der Waals surface area contributed by atoms with Crippen molar-refractivity contribution in [2.45, 2.75) is 27.2 Å². The normalized spacial score (nSPS) is 10.7. The molecule has 0 spiro atoms. The number of hydrogen-bond acceptors (Lipinski definition) is 5. The molecule has 0 radical (unpaired) electrons. The minimum absolute atomic E-state index is 0.0687. The summed E-state index contributed by atoms with van der Waals surface area (Å²) < 4.78 is 6.89. The number of nitrogens with one attached hydrogen (secondary N) is 1. The molecule has 3 rings (SSSR count). The molecule has 1 aromatic carbocycles. The van der Waals surface area contributed by atoms with Gasteiger partial charge in [0, 0.05) is 12.5 Å². The molecule has 1 N–H and O–H groups in total. The molecule has 0 atom stereocenters. The number of aryl methyl sites for hydroxylation is 2. The molecule has 0 fully saturated rings. The number of amides is 1. The van der Waals surface area contributed by atoms with Crippen molar-refractivity contribution in [2.24, 2.45) is 0 Å². The Kier molecular flexibility index (Phi) is 3.92. The average Bonchev–Trinajstić information content (AvgIpc) is 3.13. The molecule has 0 bridgehead atoms. The van der Waals surface area contributed by atoms with Gasteiger partial charge in [-0.1, -0.05) is 25.1 Å². The summed E-state index contributed by atoms with van der Waals surface area (Å²) in [7, 11) is 0. The highest BCUT2D eigenvalue weighted by Crippen LogP contribution is 2.24. The van der Waals surface area contributed by atoms with Gasteiger partial charge in [-0.25, -0.2) is 4.68 Å². The Labute approximate surface area is 133 Å². The maximum Gasteiger partial charge on any atom is 0.314 e. The fourth-order valence-corrected chi connectivity index (χ4v) is 2.33. The van der Waals surface area contributed by atoms with Crippen LogP contribution in [-0.4, -0.2) is 25.9 Å². The van der Waals surface area contributed by atoms with Gasteiger partial charge in [0.2, 0.25) is 5.89 Å². The van der Waals surface area contributed by atoms with Crippen LogP contribution in [-0.2, 0) is 6.42 Å². The van der Waals surface area contributed by atoms with Crippen LogP contribution in [0.4, 0.5) is 5.82 Å². The summed E-state index contributed by atoms with van der Waals surface area (Å²) in [5, 5.41) is 14.8. The molecule has 3 aromatic rings. The predicted octanol–water partition coefficient (Wildman–Crippen LogP) is 2.69. The van der Waals surface area contributed by atoms with Crippen molar-refractivity contribution < 1.29 is 9.21 Å². The third-order valence-electron chi connectivity index (χ3n) is 3.51. The molecule has 1 amide bonds. The Morgan fingerprint density at radius 3 is 2.57 bits per heavy atom. The lowest BCUT2D eigenvalue weighted by Gasteiger charge is -2.08. The van der Waals surface area contributed by atoms with Gasteiger partial charge >= 0.3 is 11.8 Å². The van der Waals surface area contributed by atoms with E-state index in [-0.39, 0.29) is 5.89 Å². The van der Waals surface area contributed by atoms with Crippen LogP contribution in [0, 0.1) is 13.8 Å². The number of benzene rings is 1. The molecule has 7 heteroatoms. The molecule has 0 saturated carbocycles. The number of hydrogen-bond donors (Lipinski definition) is 1. The predicted molar refractivity (Wildman–Crippen MR) is 84.7 cm³/mol. The maximum absolute atomic E-state index is 12.3. The Hall–Kier alpha value is -2.96. The lowest BCUT2D eigenvalue weighted by Crippen LogP contribution is -2.16. The van der Waals surface area contributed by atoms with E-state index in [4.69, 9.17) is 4.42 Å². The van der Waals surface area contributed by atoms with E-state index >= 15 is 0 Å². The van der Waals surface area contributed by atoms with Gasteiger partial charge in [-0.05, 0) is 25.5 Å². The second kappa shape index (κ2) is 6.04. The van der Waals surface area contributed by atoms with E-state index in [2.05, 4.69) is 20.6 Å². The number of carbonyl (C=O) groups is 1. The zero-order chi connectivity index (χ0) is 16.4. The number of carbonyl (C=O) groups excluding carboxylic acids is 1. The average molecular weight is 311 g/mol. The molecule has 0 unspecified atom stereocenters. The zero-order valence-electron chi connectivity index (χ0n) is 13.2. The summed E-state index contributed by atoms with van der Waals surface area (Å²) in [5.74, 6) is 0.431. The molecule has 7 nitrogen and oxygen atoms in total. The van der Waals surface area contributed by atoms with Gasteiger partial charge in [-0.2, -0.15) is 5.10 Å². The molecule has 118 valence electrons. The van der Waals surface area contributed by atoms with E-state index in [0.717, 1.165) is 23.4 Å². The van der Waals surface area contributed by atoms with E-state index in [1.807, 2.05) is 44.2 Å². The molecule has 0 saturated heterocycles. The minimum Gasteiger partial charge on any atom is -0.417 e. The lowest BCUT2D eigenvalue weighted by molar-refractivity contribution is 0.0988. The highest BCUT2D eigenvalue weighted by Gasteiger charge is 2.20. The number of nitrogens with zero attached hydrogens (tertiary/aromatic N) is 4. The highest BCUT2D eigenvalue weighted by atomic mass is 16.4. The van der Waals surface area contributed by atoms with Crippen LogP contribution < -0.4 is 5.32 Å². The van der Waals surface area contributed by atoms with Gasteiger partial charge in [-0.15, -0.1) is 10.2 Å². The van der Waals surface area contributed by atoms with Crippen molar-refractivity contribution in [3.05, 3.63) is 53.4 Å². The molecular weight excluding hydrogens is 294 g/mol. The fraction of sp³-hybridized carbons (Fsp3) is 0.250. The largest absolute Gasteiger partial charge is 0.417 e. The van der Waals surface area contributed by atoms with Crippen LogP contribution >= 0.6 is 0 Å². The van der Waals surface area contributed by atoms with E-state index in [0.29, 0.717) is 11.7 Å².